The number of ether oxygens (including phenoxy) is 2. The summed E-state index contributed by atoms with van der Waals surface area (Å²) >= 11 is 0. The Morgan fingerprint density at radius 3 is 2.72 bits per heavy atom. The third-order valence-electron chi connectivity index (χ3n) is 6.98. The standard InChI is InChI=1S/C27H25N2O3/c1-28-10-8-16-12-20-24(14-22(16)28)32-25-15-23-17(9-11-29(23)2)13-21(25)26(20)18-6-4-5-7-19(18)27(30)31-3/h4-7,12-15H,8-11H2,1-3H3/q+1. The van der Waals surface area contributed by atoms with Gasteiger partial charge in [-0.1, -0.05) is 18.2 Å². The number of nitrogens with zero attached hydrogens (tertiary/aromatic N) is 2. The molecular formula is C27H25N2O3+. The fourth-order valence-electron chi connectivity index (χ4n) is 5.26. The molecule has 3 aromatic rings. The number of benzene rings is 3. The highest BCUT2D eigenvalue weighted by atomic mass is 16.5. The Hall–Kier alpha value is -3.60. The van der Waals surface area contributed by atoms with Gasteiger partial charge in [-0.15, -0.1) is 0 Å². The molecular weight excluding hydrogens is 400 g/mol. The van der Waals surface area contributed by atoms with E-state index in [4.69, 9.17) is 9.47 Å². The van der Waals surface area contributed by atoms with Crippen LogP contribution in [0.25, 0.3) is 5.57 Å². The number of hydrogen-bond acceptors (Lipinski definition) is 4. The zero-order valence-corrected chi connectivity index (χ0v) is 18.6. The van der Waals surface area contributed by atoms with Gasteiger partial charge in [0.1, 0.15) is 25.1 Å². The van der Waals surface area contributed by atoms with Gasteiger partial charge in [0.15, 0.2) is 0 Å². The smallest absolute Gasteiger partial charge is 0.338 e. The summed E-state index contributed by atoms with van der Waals surface area (Å²) in [4.78, 5) is 15.0. The number of carbonyl (C=O) groups excluding carboxylic acids is 1. The molecule has 0 atom stereocenters. The highest BCUT2D eigenvalue weighted by molar-refractivity contribution is 5.99. The van der Waals surface area contributed by atoms with Crippen molar-refractivity contribution in [3.63, 3.8) is 0 Å². The minimum Gasteiger partial charge on any atom is -0.465 e. The molecule has 3 aromatic carbocycles. The quantitative estimate of drug-likeness (QED) is 0.366. The molecule has 3 heterocycles. The first-order valence-corrected chi connectivity index (χ1v) is 11.0. The van der Waals surface area contributed by atoms with Gasteiger partial charge in [0, 0.05) is 53.7 Å². The van der Waals surface area contributed by atoms with Gasteiger partial charge in [0.25, 0.3) is 0 Å². The number of fused-ring (bicyclic) bond motifs is 4. The van der Waals surface area contributed by atoms with Crippen molar-refractivity contribution in [3.8, 4) is 11.5 Å². The van der Waals surface area contributed by atoms with Crippen molar-refractivity contribution in [1.82, 2.24) is 4.58 Å². The molecule has 0 aliphatic carbocycles. The van der Waals surface area contributed by atoms with Gasteiger partial charge in [-0.2, -0.15) is 0 Å². The zero-order valence-electron chi connectivity index (χ0n) is 18.6. The molecule has 0 unspecified atom stereocenters. The molecule has 0 bridgehead atoms. The van der Waals surface area contributed by atoms with Crippen LogP contribution in [0.1, 0.15) is 32.6 Å². The molecule has 0 N–H and O–H groups in total. The summed E-state index contributed by atoms with van der Waals surface area (Å²) in [5.74, 6) is 1.34. The van der Waals surface area contributed by atoms with E-state index in [1.54, 1.807) is 0 Å². The van der Waals surface area contributed by atoms with Crippen LogP contribution in [0.4, 0.5) is 5.69 Å². The van der Waals surface area contributed by atoms with Crippen molar-refractivity contribution in [1.29, 1.82) is 0 Å². The number of likely N-dealkylation sites (N-methyl/N-ethyl adjacent to an activating group) is 2. The van der Waals surface area contributed by atoms with E-state index in [1.807, 2.05) is 24.3 Å². The van der Waals surface area contributed by atoms with Crippen LogP contribution in [-0.4, -0.2) is 40.3 Å². The molecule has 32 heavy (non-hydrogen) atoms. The minimum absolute atomic E-state index is 0.329. The van der Waals surface area contributed by atoms with Crippen molar-refractivity contribution in [2.45, 2.75) is 12.8 Å². The monoisotopic (exact) mass is 425 g/mol. The normalized spacial score (nSPS) is 15.7. The maximum atomic E-state index is 12.7. The van der Waals surface area contributed by atoms with E-state index >= 15 is 0 Å². The summed E-state index contributed by atoms with van der Waals surface area (Å²) in [5.41, 5.74) is 7.36. The second-order valence-corrected chi connectivity index (χ2v) is 8.81. The SMILES string of the molecule is COC(=O)c1ccccc1C1=c2cc3c(cc2Oc2cc4c(cc21)CCN4C)=[N+](C)CC3. The van der Waals surface area contributed by atoms with Crippen LogP contribution in [-0.2, 0) is 17.6 Å². The summed E-state index contributed by atoms with van der Waals surface area (Å²) in [6, 6.07) is 16.5. The number of rotatable bonds is 2. The molecule has 0 amide bonds. The molecule has 3 aliphatic rings. The minimum atomic E-state index is -0.329. The van der Waals surface area contributed by atoms with Gasteiger partial charge in [0.2, 0.25) is 5.36 Å². The molecule has 5 nitrogen and oxygen atoms in total. The summed E-state index contributed by atoms with van der Waals surface area (Å²) in [5, 5.41) is 2.25. The van der Waals surface area contributed by atoms with E-state index in [0.717, 1.165) is 59.3 Å². The molecule has 3 aliphatic heterocycles. The summed E-state index contributed by atoms with van der Waals surface area (Å²) in [7, 11) is 5.67. The molecule has 0 saturated heterocycles. The average Bonchev–Trinajstić information content (AvgIpc) is 3.36. The van der Waals surface area contributed by atoms with Gasteiger partial charge in [-0.25, -0.2) is 9.37 Å². The van der Waals surface area contributed by atoms with Crippen LogP contribution in [0, 0.1) is 0 Å². The molecule has 5 heteroatoms. The predicted molar refractivity (Wildman–Crippen MR) is 124 cm³/mol. The van der Waals surface area contributed by atoms with E-state index in [1.165, 1.54) is 29.3 Å². The Bertz CT molecular complexity index is 1440. The van der Waals surface area contributed by atoms with Crippen molar-refractivity contribution in [2.75, 3.05) is 39.2 Å². The van der Waals surface area contributed by atoms with Gasteiger partial charge < -0.3 is 14.4 Å². The van der Waals surface area contributed by atoms with Crippen molar-refractivity contribution < 1.29 is 14.3 Å². The van der Waals surface area contributed by atoms with Crippen LogP contribution >= 0.6 is 0 Å². The zero-order chi connectivity index (χ0) is 22.0. The molecule has 0 spiro atoms. The second kappa shape index (κ2) is 6.95. The predicted octanol–water partition coefficient (Wildman–Crippen LogP) is 2.50. The van der Waals surface area contributed by atoms with Crippen LogP contribution in [0.2, 0.25) is 0 Å². The molecule has 0 fully saturated rings. The van der Waals surface area contributed by atoms with Gasteiger partial charge in [0.05, 0.1) is 18.7 Å². The number of methoxy groups -OCH3 is 1. The van der Waals surface area contributed by atoms with Crippen LogP contribution in [0.5, 0.6) is 11.5 Å². The van der Waals surface area contributed by atoms with Crippen LogP contribution in [0.15, 0.2) is 48.5 Å². The molecule has 0 aromatic heterocycles. The fraction of sp³-hybridized carbons (Fsp3) is 0.259. The lowest BCUT2D eigenvalue weighted by atomic mass is 9.88. The second-order valence-electron chi connectivity index (χ2n) is 8.81. The lowest BCUT2D eigenvalue weighted by Crippen LogP contribution is -2.26. The van der Waals surface area contributed by atoms with Crippen LogP contribution < -0.4 is 24.8 Å². The highest BCUT2D eigenvalue weighted by Gasteiger charge is 2.29. The Kier molecular flexibility index (Phi) is 4.15. The van der Waals surface area contributed by atoms with Crippen molar-refractivity contribution in [2.24, 2.45) is 0 Å². The third-order valence-corrected chi connectivity index (χ3v) is 6.98. The highest BCUT2D eigenvalue weighted by Crippen LogP contribution is 2.42. The Balaban J connectivity index is 1.73. The largest absolute Gasteiger partial charge is 0.465 e. The van der Waals surface area contributed by atoms with Crippen molar-refractivity contribution >= 4 is 17.2 Å². The van der Waals surface area contributed by atoms with E-state index in [-0.39, 0.29) is 5.97 Å². The Morgan fingerprint density at radius 2 is 1.88 bits per heavy atom. The summed E-state index contributed by atoms with van der Waals surface area (Å²) in [6.07, 6.45) is 2.01. The first-order valence-electron chi connectivity index (χ1n) is 11.0. The first kappa shape index (κ1) is 19.1. The van der Waals surface area contributed by atoms with Gasteiger partial charge >= 0.3 is 5.97 Å². The number of esters is 1. The van der Waals surface area contributed by atoms with E-state index in [0.29, 0.717) is 5.56 Å². The summed E-state index contributed by atoms with van der Waals surface area (Å²) < 4.78 is 13.9. The number of anilines is 1. The topological polar surface area (TPSA) is 41.8 Å². The molecule has 160 valence electrons. The maximum Gasteiger partial charge on any atom is 0.338 e. The third kappa shape index (κ3) is 2.70. The molecule has 6 rings (SSSR count). The number of carbonyl (C=O) groups is 1. The Morgan fingerprint density at radius 1 is 1.03 bits per heavy atom. The maximum absolute atomic E-state index is 12.7. The molecule has 0 saturated carbocycles. The molecule has 0 radical (unpaired) electrons. The van der Waals surface area contributed by atoms with Crippen molar-refractivity contribution in [3.05, 3.63) is 86.9 Å². The number of hydrogen-bond donors (Lipinski definition) is 0. The Labute approximate surface area is 186 Å². The lowest BCUT2D eigenvalue weighted by Gasteiger charge is -2.24. The van der Waals surface area contributed by atoms with Gasteiger partial charge in [-0.05, 0) is 35.7 Å². The van der Waals surface area contributed by atoms with E-state index in [9.17, 15) is 4.79 Å². The van der Waals surface area contributed by atoms with Gasteiger partial charge in [-0.3, -0.25) is 0 Å². The summed E-state index contributed by atoms with van der Waals surface area (Å²) in [6.45, 7) is 2.00. The van der Waals surface area contributed by atoms with Crippen LogP contribution in [0.3, 0.4) is 0 Å². The first-order chi connectivity index (χ1) is 15.5. The van der Waals surface area contributed by atoms with E-state index < -0.39 is 0 Å². The van der Waals surface area contributed by atoms with E-state index in [2.05, 4.69) is 47.8 Å². The lowest BCUT2D eigenvalue weighted by molar-refractivity contribution is 0.0600. The fourth-order valence-corrected chi connectivity index (χ4v) is 5.26. The average molecular weight is 426 g/mol.